The number of nitrogens with one attached hydrogen (secondary N) is 4. The molecule has 1 fully saturated rings. The van der Waals surface area contributed by atoms with Crippen molar-refractivity contribution in [2.24, 2.45) is 38.6 Å². The molecular formula is C79H87F9N14O8S3. The molecule has 0 bridgehead atoms. The van der Waals surface area contributed by atoms with Crippen LogP contribution in [0.2, 0.25) is 0 Å². The van der Waals surface area contributed by atoms with Gasteiger partial charge in [-0.15, -0.1) is 5.10 Å². The van der Waals surface area contributed by atoms with Gasteiger partial charge in [0.05, 0.1) is 37.5 Å². The summed E-state index contributed by atoms with van der Waals surface area (Å²) in [6.07, 6.45) is 0.840. The molecule has 7 aromatic carbocycles. The topological polar surface area (TPSA) is 266 Å². The molecule has 6 heterocycles. The molecule has 22 nitrogen and oxygen atoms in total. The predicted octanol–water partition coefficient (Wildman–Crippen LogP) is 15.1. The lowest BCUT2D eigenvalue weighted by atomic mass is 9.76. The smallest absolute Gasteiger partial charge is 0.416 e. The molecular weight excluding hydrogens is 1540 g/mol. The van der Waals surface area contributed by atoms with Crippen molar-refractivity contribution in [3.05, 3.63) is 250 Å². The number of anilines is 1. The van der Waals surface area contributed by atoms with Crippen LogP contribution in [0.15, 0.2) is 185 Å². The number of hydroxylamine groups is 2. The Morgan fingerprint density at radius 3 is 1.87 bits per heavy atom. The largest absolute Gasteiger partial charge is 0.493 e. The second-order valence-electron chi connectivity index (χ2n) is 26.7. The number of fused-ring (bicyclic) bond motifs is 5. The van der Waals surface area contributed by atoms with Gasteiger partial charge in [0.15, 0.2) is 21.7 Å². The average Bonchev–Trinajstić information content (AvgIpc) is 1.60. The van der Waals surface area contributed by atoms with Gasteiger partial charge in [-0.1, -0.05) is 134 Å². The summed E-state index contributed by atoms with van der Waals surface area (Å²) in [5.41, 5.74) is 14.8. The Morgan fingerprint density at radius 2 is 1.29 bits per heavy atom. The van der Waals surface area contributed by atoms with Gasteiger partial charge < -0.3 is 47.1 Å². The van der Waals surface area contributed by atoms with Crippen LogP contribution in [0.5, 0.6) is 5.75 Å². The van der Waals surface area contributed by atoms with E-state index < -0.39 is 85.2 Å². The van der Waals surface area contributed by atoms with Crippen molar-refractivity contribution in [1.82, 2.24) is 40.9 Å². The number of benzene rings is 7. The fourth-order valence-electron chi connectivity index (χ4n) is 13.4. The molecule has 0 radical (unpaired) electrons. The molecule has 602 valence electrons. The molecule has 8 N–H and O–H groups in total. The molecule has 6 aliphatic heterocycles. The van der Waals surface area contributed by atoms with Crippen LogP contribution in [0.1, 0.15) is 124 Å². The molecule has 0 aromatic heterocycles. The second-order valence-corrected chi connectivity index (χ2v) is 30.6. The summed E-state index contributed by atoms with van der Waals surface area (Å²) in [6.45, 7) is 6.99. The molecule has 0 saturated carbocycles. The average molecular weight is 1630 g/mol. The van der Waals surface area contributed by atoms with E-state index in [0.717, 1.165) is 99.5 Å². The van der Waals surface area contributed by atoms with Crippen LogP contribution < -0.4 is 37.5 Å². The van der Waals surface area contributed by atoms with E-state index in [1.807, 2.05) is 112 Å². The van der Waals surface area contributed by atoms with E-state index >= 15 is 0 Å². The SMILES string of the molecule is C.CC(=O)N1N=C(c2cc(F)ccc2F)S[C@@]12c1cc(F)c(F)cc1OC[C@H]2CCN.CC(=O)NC1=NN(C(C)=O)C(C)(c2ccccc2)S1.CN(C)/C=C/NC(=O)NC[C@H]1CCC2C(O1)c1cc(C(F)(F)F)ccc1N[C@H]2c1ccccc1.CON(C)C(=O)N1N=C(c2cc(F)ccc2F)S[C@@]1(CCCN)c1ccccc1. The first-order chi connectivity index (χ1) is 53.3. The Hall–Kier alpha value is -10.1. The summed E-state index contributed by atoms with van der Waals surface area (Å²) in [4.78, 5) is 64.4. The first-order valence-electron chi connectivity index (χ1n) is 35.3. The van der Waals surface area contributed by atoms with E-state index in [1.165, 1.54) is 86.8 Å². The number of amides is 7. The van der Waals surface area contributed by atoms with Crippen LogP contribution in [-0.4, -0.2) is 131 Å². The van der Waals surface area contributed by atoms with Crippen LogP contribution in [-0.2, 0) is 44.7 Å². The van der Waals surface area contributed by atoms with Crippen molar-refractivity contribution in [2.75, 3.05) is 59.8 Å². The highest BCUT2D eigenvalue weighted by atomic mass is 32.2. The maximum absolute atomic E-state index is 14.5. The molecule has 7 aromatic rings. The number of nitrogens with two attached hydrogens (primary N) is 2. The molecule has 1 saturated heterocycles. The van der Waals surface area contributed by atoms with Gasteiger partial charge in [-0.05, 0) is 129 Å². The normalized spacial score (nSPS) is 21.7. The molecule has 8 atom stereocenters. The molecule has 1 spiro atoms. The number of carbonyl (C=O) groups excluding carboxylic acids is 5. The molecule has 113 heavy (non-hydrogen) atoms. The van der Waals surface area contributed by atoms with Crippen molar-refractivity contribution >= 4 is 86.0 Å². The number of alkyl halides is 3. The Balaban J connectivity index is 0.000000175. The van der Waals surface area contributed by atoms with Crippen molar-refractivity contribution in [3.8, 4) is 5.75 Å². The summed E-state index contributed by atoms with van der Waals surface area (Å²) in [5, 5.41) is 29.8. The van der Waals surface area contributed by atoms with Crippen molar-refractivity contribution in [3.63, 3.8) is 0 Å². The Kier molecular flexibility index (Phi) is 29.0. The van der Waals surface area contributed by atoms with Gasteiger partial charge in [-0.3, -0.25) is 19.2 Å². The number of hydrogen-bond acceptors (Lipinski definition) is 18. The predicted molar refractivity (Wildman–Crippen MR) is 418 cm³/mol. The monoisotopic (exact) mass is 1630 g/mol. The van der Waals surface area contributed by atoms with Crippen LogP contribution in [0.3, 0.4) is 0 Å². The fourth-order valence-corrected chi connectivity index (χ4v) is 17.6. The number of hydrogen-bond donors (Lipinski definition) is 6. The number of nitrogens with zero attached hydrogens (tertiary/aromatic N) is 8. The molecule has 0 aliphatic carbocycles. The molecule has 3 unspecified atom stereocenters. The van der Waals surface area contributed by atoms with E-state index in [4.69, 9.17) is 25.8 Å². The summed E-state index contributed by atoms with van der Waals surface area (Å²) in [5.74, 6) is -6.16. The van der Waals surface area contributed by atoms with E-state index in [0.29, 0.717) is 48.6 Å². The highest BCUT2D eigenvalue weighted by molar-refractivity contribution is 8.16. The zero-order chi connectivity index (χ0) is 81.0. The number of ether oxygens (including phenoxy) is 2. The van der Waals surface area contributed by atoms with Gasteiger partial charge in [0, 0.05) is 107 Å². The third-order valence-electron chi connectivity index (χ3n) is 18.7. The first-order valence-corrected chi connectivity index (χ1v) is 37.7. The highest BCUT2D eigenvalue weighted by Gasteiger charge is 2.57. The van der Waals surface area contributed by atoms with Crippen molar-refractivity contribution in [1.29, 1.82) is 0 Å². The fraction of sp³-hybridized carbons (Fsp3) is 0.342. The van der Waals surface area contributed by atoms with Gasteiger partial charge in [0.1, 0.15) is 48.8 Å². The summed E-state index contributed by atoms with van der Waals surface area (Å²) in [7, 11) is 6.50. The maximum Gasteiger partial charge on any atom is 0.416 e. The number of halogens is 9. The molecule has 7 amide bonds. The van der Waals surface area contributed by atoms with E-state index in [1.54, 1.807) is 11.1 Å². The summed E-state index contributed by atoms with van der Waals surface area (Å²) in [6, 6.07) is 39.5. The maximum atomic E-state index is 14.5. The lowest BCUT2D eigenvalue weighted by Crippen LogP contribution is -2.51. The number of carbonyl (C=O) groups is 5. The highest BCUT2D eigenvalue weighted by Crippen LogP contribution is 2.59. The van der Waals surface area contributed by atoms with E-state index in [9.17, 15) is 63.5 Å². The van der Waals surface area contributed by atoms with Crippen LogP contribution in [0.25, 0.3) is 0 Å². The van der Waals surface area contributed by atoms with Gasteiger partial charge >= 0.3 is 18.2 Å². The van der Waals surface area contributed by atoms with Crippen LogP contribution in [0, 0.1) is 46.7 Å². The molecule has 6 aliphatic rings. The minimum atomic E-state index is -4.44. The number of rotatable bonds is 15. The van der Waals surface area contributed by atoms with Crippen molar-refractivity contribution < 1.29 is 77.8 Å². The number of thioether (sulfide) groups is 3. The lowest BCUT2D eigenvalue weighted by molar-refractivity contribution is -0.138. The van der Waals surface area contributed by atoms with Gasteiger partial charge in [0.2, 0.25) is 17.7 Å². The standard InChI is InChI=1S/C25H29F3N4O2.C20H17F4N3O2S.C20H22F2N4O2S.C13H15N3O2S.CH4/c1-32(2)13-12-29-24(33)30-15-18-9-10-19-22(16-6-4-3-5-7-16)31-21-11-8-17(25(26,27)28)14-20(21)23(19)34-18;1-10(28)27-20(30-19(26-27)13-6-12(21)2-3-15(13)22)11(4-5-25)9-29-18-8-17(24)16(23)7-14(18)20;1-25(28-2)19(27)26-20(11-6-12-23,14-7-4-3-5-8-14)29-18(24-26)16-13-15(21)9-10-17(16)22;1-9(17)14-12-15-16(10(2)18)13(3,19-12)11-7-5-4-6-8-11;/h3-8,11-14,18-19,22-23,31H,9-10,15H2,1-2H3,(H2,29,30,33);2-3,6-8,11H,4-5,9,25H2,1H3;3-5,7-10,13H,6,11-12,23H2,1-2H3;4-8H,1-3H3,(H,14,15,17);1H4/b13-12+;;;;/t18-,19?,22+,23?;11-,20+;20-;;/m110../s1. The minimum Gasteiger partial charge on any atom is -0.493 e. The van der Waals surface area contributed by atoms with Gasteiger partial charge in [-0.25, -0.2) is 51.0 Å². The van der Waals surface area contributed by atoms with Gasteiger partial charge in [-0.2, -0.15) is 28.4 Å². The summed E-state index contributed by atoms with van der Waals surface area (Å²) < 4.78 is 137. The minimum absolute atomic E-state index is 0. The van der Waals surface area contributed by atoms with Crippen LogP contribution in [0.4, 0.5) is 54.8 Å². The second kappa shape index (κ2) is 37.7. The van der Waals surface area contributed by atoms with Crippen molar-refractivity contribution in [2.45, 2.75) is 106 Å². The third kappa shape index (κ3) is 19.8. The summed E-state index contributed by atoms with van der Waals surface area (Å²) >= 11 is 3.53. The van der Waals surface area contributed by atoms with E-state index in [-0.39, 0.29) is 95.6 Å². The Labute approximate surface area is 661 Å². The number of urea groups is 2. The lowest BCUT2D eigenvalue weighted by Gasteiger charge is -2.46. The first kappa shape index (κ1) is 86.9. The number of amidine groups is 1. The van der Waals surface area contributed by atoms with Gasteiger partial charge in [0.25, 0.3) is 0 Å². The third-order valence-corrected chi connectivity index (χ3v) is 22.9. The quantitative estimate of drug-likeness (QED) is 0.0412. The number of hydrazone groups is 3. The van der Waals surface area contributed by atoms with E-state index in [2.05, 4.69) is 36.6 Å². The molecule has 13 rings (SSSR count). The zero-order valence-electron chi connectivity index (χ0n) is 62.0. The zero-order valence-corrected chi connectivity index (χ0v) is 64.5. The molecule has 34 heteroatoms. The Bertz CT molecular complexity index is 4700. The Morgan fingerprint density at radius 1 is 0.699 bits per heavy atom. The van der Waals surface area contributed by atoms with Crippen LogP contribution >= 0.6 is 35.3 Å².